The average Bonchev–Trinajstić information content (AvgIpc) is 3.09. The van der Waals surface area contributed by atoms with Crippen molar-refractivity contribution in [1.82, 2.24) is 29.6 Å². The predicted octanol–water partition coefficient (Wildman–Crippen LogP) is 3.01. The number of carbonyl (C=O) groups excluding carboxylic acids is 1. The summed E-state index contributed by atoms with van der Waals surface area (Å²) in [7, 11) is 0. The lowest BCUT2D eigenvalue weighted by Crippen LogP contribution is -2.38. The molecule has 0 radical (unpaired) electrons. The molecule has 0 bridgehead atoms. The zero-order chi connectivity index (χ0) is 18.3. The summed E-state index contributed by atoms with van der Waals surface area (Å²) in [5.41, 5.74) is 1.79. The van der Waals surface area contributed by atoms with Crippen molar-refractivity contribution in [2.45, 2.75) is 20.0 Å². The lowest BCUT2D eigenvalue weighted by Gasteiger charge is -2.28. The predicted molar refractivity (Wildman–Crippen MR) is 97.0 cm³/mol. The van der Waals surface area contributed by atoms with Crippen LogP contribution in [0.4, 0.5) is 0 Å². The summed E-state index contributed by atoms with van der Waals surface area (Å²) in [6.45, 7) is 3.24. The van der Waals surface area contributed by atoms with Gasteiger partial charge in [0.05, 0.1) is 23.3 Å². The Balaban J connectivity index is 1.61. The first-order chi connectivity index (χ1) is 12.6. The zero-order valence-corrected chi connectivity index (χ0v) is 15.4. The Morgan fingerprint density at radius 3 is 2.77 bits per heavy atom. The molecule has 0 saturated heterocycles. The number of fused-ring (bicyclic) bond motifs is 1. The van der Waals surface area contributed by atoms with Crippen LogP contribution in [0.25, 0.3) is 11.5 Å². The fourth-order valence-corrected chi connectivity index (χ4v) is 3.38. The first-order valence-corrected chi connectivity index (χ1v) is 8.74. The van der Waals surface area contributed by atoms with Crippen LogP contribution in [0.1, 0.15) is 21.7 Å². The molecule has 3 heterocycles. The van der Waals surface area contributed by atoms with E-state index >= 15 is 0 Å². The van der Waals surface area contributed by atoms with E-state index in [4.69, 9.17) is 23.2 Å². The fraction of sp³-hybridized carbons (Fsp3) is 0.235. The molecule has 0 fully saturated rings. The van der Waals surface area contributed by atoms with Crippen LogP contribution in [0, 0.1) is 6.92 Å². The molecule has 0 N–H and O–H groups in total. The van der Waals surface area contributed by atoms with Crippen molar-refractivity contribution in [3.8, 4) is 11.5 Å². The van der Waals surface area contributed by atoms with Crippen molar-refractivity contribution < 1.29 is 4.79 Å². The molecule has 1 aromatic carbocycles. The number of aromatic nitrogens is 5. The highest BCUT2D eigenvalue weighted by molar-refractivity contribution is 6.38. The number of hydrogen-bond acceptors (Lipinski definition) is 5. The van der Waals surface area contributed by atoms with Gasteiger partial charge in [0, 0.05) is 30.5 Å². The van der Waals surface area contributed by atoms with Crippen molar-refractivity contribution in [3.63, 3.8) is 0 Å². The third kappa shape index (κ3) is 2.83. The minimum atomic E-state index is -0.148. The van der Waals surface area contributed by atoms with Crippen LogP contribution in [-0.4, -0.2) is 42.1 Å². The van der Waals surface area contributed by atoms with E-state index in [1.807, 2.05) is 4.57 Å². The van der Waals surface area contributed by atoms with Gasteiger partial charge in [-0.2, -0.15) is 0 Å². The number of amides is 1. The zero-order valence-electron chi connectivity index (χ0n) is 13.9. The monoisotopic (exact) mass is 388 g/mol. The lowest BCUT2D eigenvalue weighted by molar-refractivity contribution is 0.0708. The summed E-state index contributed by atoms with van der Waals surface area (Å²) < 4.78 is 1.96. The second kappa shape index (κ2) is 6.66. The lowest BCUT2D eigenvalue weighted by atomic mass is 10.1. The van der Waals surface area contributed by atoms with E-state index in [1.165, 1.54) is 0 Å². The molecule has 1 amide bonds. The Bertz CT molecular complexity index is 988. The maximum Gasteiger partial charge on any atom is 0.255 e. The highest BCUT2D eigenvalue weighted by atomic mass is 35.5. The van der Waals surface area contributed by atoms with Gasteiger partial charge in [-0.05, 0) is 24.6 Å². The fourth-order valence-electron chi connectivity index (χ4n) is 2.93. The Kier molecular flexibility index (Phi) is 4.34. The third-order valence-electron chi connectivity index (χ3n) is 4.38. The van der Waals surface area contributed by atoms with Crippen LogP contribution < -0.4 is 0 Å². The maximum absolute atomic E-state index is 12.9. The Hall–Kier alpha value is -2.51. The van der Waals surface area contributed by atoms with Crippen molar-refractivity contribution in [3.05, 3.63) is 57.7 Å². The van der Waals surface area contributed by atoms with Crippen LogP contribution in [0.15, 0.2) is 30.7 Å². The summed E-state index contributed by atoms with van der Waals surface area (Å²) in [6.07, 6.45) is 4.86. The first-order valence-electron chi connectivity index (χ1n) is 7.98. The van der Waals surface area contributed by atoms with Gasteiger partial charge in [-0.1, -0.05) is 23.2 Å². The molecule has 0 aliphatic carbocycles. The van der Waals surface area contributed by atoms with Crippen LogP contribution in [0.3, 0.4) is 0 Å². The average molecular weight is 389 g/mol. The summed E-state index contributed by atoms with van der Waals surface area (Å²) in [6, 6.07) is 3.35. The molecule has 0 spiro atoms. The normalized spacial score (nSPS) is 13.6. The van der Waals surface area contributed by atoms with Gasteiger partial charge < -0.3 is 9.47 Å². The number of carbonyl (C=O) groups is 1. The molecule has 9 heteroatoms. The van der Waals surface area contributed by atoms with Crippen LogP contribution in [0.2, 0.25) is 10.0 Å². The summed E-state index contributed by atoms with van der Waals surface area (Å²) in [5, 5.41) is 9.34. The first kappa shape index (κ1) is 16.9. The second-order valence-electron chi connectivity index (χ2n) is 5.94. The third-order valence-corrected chi connectivity index (χ3v) is 5.28. The van der Waals surface area contributed by atoms with Crippen LogP contribution >= 0.6 is 23.2 Å². The molecule has 4 rings (SSSR count). The van der Waals surface area contributed by atoms with Gasteiger partial charge >= 0.3 is 0 Å². The number of nitrogens with zero attached hydrogens (tertiary/aromatic N) is 6. The molecule has 132 valence electrons. The molecule has 0 atom stereocenters. The summed E-state index contributed by atoms with van der Waals surface area (Å²) in [5.74, 6) is 1.21. The summed E-state index contributed by atoms with van der Waals surface area (Å²) >= 11 is 12.4. The Morgan fingerprint density at radius 1 is 1.15 bits per heavy atom. The molecule has 3 aromatic rings. The van der Waals surface area contributed by atoms with E-state index in [2.05, 4.69) is 20.2 Å². The minimum absolute atomic E-state index is 0.148. The molecular weight excluding hydrogens is 375 g/mol. The molecule has 0 saturated carbocycles. The van der Waals surface area contributed by atoms with Gasteiger partial charge in [-0.3, -0.25) is 9.78 Å². The van der Waals surface area contributed by atoms with Crippen molar-refractivity contribution in [2.24, 2.45) is 0 Å². The van der Waals surface area contributed by atoms with E-state index in [0.717, 1.165) is 0 Å². The number of halogens is 2. The smallest absolute Gasteiger partial charge is 0.255 e. The van der Waals surface area contributed by atoms with Crippen molar-refractivity contribution >= 4 is 29.1 Å². The largest absolute Gasteiger partial charge is 0.329 e. The number of benzene rings is 1. The molecule has 26 heavy (non-hydrogen) atoms. The molecule has 2 aromatic heterocycles. The van der Waals surface area contributed by atoms with Gasteiger partial charge in [-0.15, -0.1) is 10.2 Å². The van der Waals surface area contributed by atoms with E-state index in [1.54, 1.807) is 42.5 Å². The number of rotatable bonds is 2. The van der Waals surface area contributed by atoms with Crippen molar-refractivity contribution in [2.75, 3.05) is 6.54 Å². The van der Waals surface area contributed by atoms with Crippen LogP contribution in [-0.2, 0) is 13.1 Å². The molecule has 1 aliphatic rings. The highest BCUT2D eigenvalue weighted by Gasteiger charge is 2.27. The number of hydrogen-bond donors (Lipinski definition) is 0. The highest BCUT2D eigenvalue weighted by Crippen LogP contribution is 2.29. The van der Waals surface area contributed by atoms with E-state index in [-0.39, 0.29) is 5.91 Å². The minimum Gasteiger partial charge on any atom is -0.329 e. The topological polar surface area (TPSA) is 76.8 Å². The Labute approximate surface area is 159 Å². The second-order valence-corrected chi connectivity index (χ2v) is 6.73. The van der Waals surface area contributed by atoms with Gasteiger partial charge in [0.1, 0.15) is 5.69 Å². The molecular formula is C17H14Cl2N6O. The van der Waals surface area contributed by atoms with E-state index < -0.39 is 0 Å². The standard InChI is InChI=1S/C17H14Cl2N6O/c1-10-12(18)3-2-11(15(10)19)17(26)24-6-7-25-14(9-24)22-23-16(25)13-8-20-4-5-21-13/h2-5,8H,6-7,9H2,1H3. The molecule has 0 unspecified atom stereocenters. The quantitative estimate of drug-likeness (QED) is 0.674. The Morgan fingerprint density at radius 2 is 2.00 bits per heavy atom. The van der Waals surface area contributed by atoms with Gasteiger partial charge in [0.15, 0.2) is 11.6 Å². The van der Waals surface area contributed by atoms with E-state index in [0.29, 0.717) is 58.1 Å². The summed E-state index contributed by atoms with van der Waals surface area (Å²) in [4.78, 5) is 22.9. The van der Waals surface area contributed by atoms with Crippen molar-refractivity contribution in [1.29, 1.82) is 0 Å². The van der Waals surface area contributed by atoms with Gasteiger partial charge in [-0.25, -0.2) is 4.98 Å². The molecule has 7 nitrogen and oxygen atoms in total. The van der Waals surface area contributed by atoms with Gasteiger partial charge in [0.25, 0.3) is 5.91 Å². The van der Waals surface area contributed by atoms with Crippen LogP contribution in [0.5, 0.6) is 0 Å². The molecule has 1 aliphatic heterocycles. The van der Waals surface area contributed by atoms with E-state index in [9.17, 15) is 4.79 Å². The van der Waals surface area contributed by atoms with Gasteiger partial charge in [0.2, 0.25) is 0 Å². The maximum atomic E-state index is 12.9. The SMILES string of the molecule is Cc1c(Cl)ccc(C(=O)N2CCn3c(nnc3-c3cnccn3)C2)c1Cl.